The summed E-state index contributed by atoms with van der Waals surface area (Å²) in [4.78, 5) is 14.9. The summed E-state index contributed by atoms with van der Waals surface area (Å²) >= 11 is 0. The molecule has 4 nitrogen and oxygen atoms in total. The highest BCUT2D eigenvalue weighted by Gasteiger charge is 2.26. The first-order valence-electron chi connectivity index (χ1n) is 4.97. The first-order chi connectivity index (χ1) is 6.79. The third kappa shape index (κ3) is 1.64. The standard InChI is InChI=1S/C10H14N2O2/c13-10(14)8-3-1-2-4-9(8)12-6-5-11-7-12/h5-9H,1-4H2,(H,13,14)/p-1/t8-,9+/m1/s1. The number of carboxylic acids is 1. The Morgan fingerprint density at radius 1 is 1.43 bits per heavy atom. The van der Waals surface area contributed by atoms with Crippen molar-refractivity contribution >= 4 is 5.97 Å². The van der Waals surface area contributed by atoms with Crippen LogP contribution in [0.25, 0.3) is 0 Å². The van der Waals surface area contributed by atoms with Gasteiger partial charge in [-0.3, -0.25) is 0 Å². The molecule has 1 fully saturated rings. The Morgan fingerprint density at radius 3 is 2.86 bits per heavy atom. The van der Waals surface area contributed by atoms with E-state index in [2.05, 4.69) is 4.98 Å². The molecule has 0 N–H and O–H groups in total. The van der Waals surface area contributed by atoms with E-state index >= 15 is 0 Å². The van der Waals surface area contributed by atoms with Crippen molar-refractivity contribution in [2.45, 2.75) is 31.7 Å². The van der Waals surface area contributed by atoms with Gasteiger partial charge in [-0.1, -0.05) is 12.8 Å². The summed E-state index contributed by atoms with van der Waals surface area (Å²) in [6.45, 7) is 0. The summed E-state index contributed by atoms with van der Waals surface area (Å²) in [6, 6.07) is 0.0382. The lowest BCUT2D eigenvalue weighted by Crippen LogP contribution is -2.38. The summed E-state index contributed by atoms with van der Waals surface area (Å²) in [5, 5.41) is 10.9. The predicted octanol–water partition coefficient (Wildman–Crippen LogP) is 0.364. The van der Waals surface area contributed by atoms with Gasteiger partial charge < -0.3 is 14.5 Å². The van der Waals surface area contributed by atoms with E-state index in [1.54, 1.807) is 12.5 Å². The molecule has 0 radical (unpaired) electrons. The Hall–Kier alpha value is -1.32. The Morgan fingerprint density at radius 2 is 2.21 bits per heavy atom. The monoisotopic (exact) mass is 193 g/mol. The van der Waals surface area contributed by atoms with Crippen molar-refractivity contribution in [1.29, 1.82) is 0 Å². The molecule has 0 unspecified atom stereocenters. The molecule has 0 saturated heterocycles. The zero-order valence-electron chi connectivity index (χ0n) is 7.93. The van der Waals surface area contributed by atoms with E-state index in [1.165, 1.54) is 0 Å². The Labute approximate surface area is 82.6 Å². The zero-order chi connectivity index (χ0) is 9.97. The van der Waals surface area contributed by atoms with Crippen LogP contribution in [0.4, 0.5) is 0 Å². The lowest BCUT2D eigenvalue weighted by Gasteiger charge is -2.32. The topological polar surface area (TPSA) is 57.9 Å². The minimum atomic E-state index is -0.927. The first kappa shape index (κ1) is 9.24. The summed E-state index contributed by atoms with van der Waals surface area (Å²) < 4.78 is 1.89. The van der Waals surface area contributed by atoms with E-state index in [0.717, 1.165) is 25.7 Å². The number of aliphatic carboxylic acids is 1. The highest BCUT2D eigenvalue weighted by atomic mass is 16.4. The first-order valence-corrected chi connectivity index (χ1v) is 4.97. The van der Waals surface area contributed by atoms with Gasteiger partial charge in [0.05, 0.1) is 6.33 Å². The summed E-state index contributed by atoms with van der Waals surface area (Å²) in [7, 11) is 0. The van der Waals surface area contributed by atoms with E-state index in [1.807, 2.05) is 10.8 Å². The number of nitrogens with zero attached hydrogens (tertiary/aromatic N) is 2. The van der Waals surface area contributed by atoms with E-state index in [4.69, 9.17) is 0 Å². The quantitative estimate of drug-likeness (QED) is 0.681. The number of rotatable bonds is 2. The van der Waals surface area contributed by atoms with Gasteiger partial charge >= 0.3 is 0 Å². The van der Waals surface area contributed by atoms with Crippen molar-refractivity contribution in [3.63, 3.8) is 0 Å². The Kier molecular flexibility index (Phi) is 2.52. The largest absolute Gasteiger partial charge is 0.550 e. The average molecular weight is 193 g/mol. The third-order valence-electron chi connectivity index (χ3n) is 2.94. The number of carbonyl (C=O) groups excluding carboxylic acids is 1. The molecule has 14 heavy (non-hydrogen) atoms. The molecule has 1 aromatic rings. The molecule has 1 aliphatic carbocycles. The molecule has 0 amide bonds. The summed E-state index contributed by atoms with van der Waals surface area (Å²) in [5.74, 6) is -1.28. The fourth-order valence-electron chi connectivity index (χ4n) is 2.21. The van der Waals surface area contributed by atoms with Gasteiger partial charge in [0.25, 0.3) is 0 Å². The molecule has 0 bridgehead atoms. The van der Waals surface area contributed by atoms with Gasteiger partial charge in [0.15, 0.2) is 0 Å². The number of carbonyl (C=O) groups is 1. The maximum absolute atomic E-state index is 10.9. The second-order valence-electron chi connectivity index (χ2n) is 3.79. The maximum Gasteiger partial charge on any atom is 0.0948 e. The molecule has 1 heterocycles. The molecular formula is C10H13N2O2-. The molecule has 1 aliphatic rings. The van der Waals surface area contributed by atoms with Crippen LogP contribution in [-0.4, -0.2) is 15.5 Å². The van der Waals surface area contributed by atoms with Gasteiger partial charge in [-0.2, -0.15) is 0 Å². The Balaban J connectivity index is 2.18. The fourth-order valence-corrected chi connectivity index (χ4v) is 2.21. The number of imidazole rings is 1. The van der Waals surface area contributed by atoms with Gasteiger partial charge in [0.1, 0.15) is 0 Å². The molecule has 2 rings (SSSR count). The van der Waals surface area contributed by atoms with Crippen molar-refractivity contribution in [3.05, 3.63) is 18.7 Å². The highest BCUT2D eigenvalue weighted by Crippen LogP contribution is 2.33. The normalized spacial score (nSPS) is 27.4. The number of aromatic nitrogens is 2. The van der Waals surface area contributed by atoms with Gasteiger partial charge in [-0.25, -0.2) is 4.98 Å². The maximum atomic E-state index is 10.9. The second-order valence-corrected chi connectivity index (χ2v) is 3.79. The van der Waals surface area contributed by atoms with Gasteiger partial charge in [0, 0.05) is 30.3 Å². The molecule has 4 heteroatoms. The van der Waals surface area contributed by atoms with Crippen LogP contribution in [0.3, 0.4) is 0 Å². The minimum absolute atomic E-state index is 0.0382. The van der Waals surface area contributed by atoms with Crippen LogP contribution in [0.15, 0.2) is 18.7 Å². The van der Waals surface area contributed by atoms with Crippen molar-refractivity contribution < 1.29 is 9.90 Å². The minimum Gasteiger partial charge on any atom is -0.550 e. The lowest BCUT2D eigenvalue weighted by molar-refractivity contribution is -0.313. The van der Waals surface area contributed by atoms with Crippen molar-refractivity contribution in [1.82, 2.24) is 9.55 Å². The molecule has 0 spiro atoms. The van der Waals surface area contributed by atoms with Crippen LogP contribution in [0.2, 0.25) is 0 Å². The summed E-state index contributed by atoms with van der Waals surface area (Å²) in [5.41, 5.74) is 0. The van der Waals surface area contributed by atoms with E-state index in [0.29, 0.717) is 0 Å². The highest BCUT2D eigenvalue weighted by molar-refractivity contribution is 5.68. The molecule has 76 valence electrons. The second kappa shape index (κ2) is 3.82. The smallest absolute Gasteiger partial charge is 0.0948 e. The van der Waals surface area contributed by atoms with Crippen molar-refractivity contribution in [2.24, 2.45) is 5.92 Å². The lowest BCUT2D eigenvalue weighted by atomic mass is 9.84. The van der Waals surface area contributed by atoms with Crippen LogP contribution < -0.4 is 5.11 Å². The van der Waals surface area contributed by atoms with Crippen LogP contribution >= 0.6 is 0 Å². The number of hydrogen-bond acceptors (Lipinski definition) is 3. The zero-order valence-corrected chi connectivity index (χ0v) is 7.93. The Bertz CT molecular complexity index is 308. The van der Waals surface area contributed by atoms with Crippen LogP contribution in [0.1, 0.15) is 31.7 Å². The van der Waals surface area contributed by atoms with Gasteiger partial charge in [-0.15, -0.1) is 0 Å². The number of hydrogen-bond donors (Lipinski definition) is 0. The molecule has 2 atom stereocenters. The third-order valence-corrected chi connectivity index (χ3v) is 2.94. The summed E-state index contributed by atoms with van der Waals surface area (Å²) in [6.07, 6.45) is 8.91. The number of carboxylic acid groups (broad SMARTS) is 1. The van der Waals surface area contributed by atoms with Crippen molar-refractivity contribution in [2.75, 3.05) is 0 Å². The van der Waals surface area contributed by atoms with Crippen LogP contribution in [0, 0.1) is 5.92 Å². The van der Waals surface area contributed by atoms with Gasteiger partial charge in [0.2, 0.25) is 0 Å². The van der Waals surface area contributed by atoms with E-state index < -0.39 is 5.97 Å². The molecule has 1 aromatic heterocycles. The van der Waals surface area contributed by atoms with Crippen LogP contribution in [-0.2, 0) is 4.79 Å². The molecule has 0 aromatic carbocycles. The van der Waals surface area contributed by atoms with Crippen LogP contribution in [0.5, 0.6) is 0 Å². The van der Waals surface area contributed by atoms with Crippen molar-refractivity contribution in [3.8, 4) is 0 Å². The SMILES string of the molecule is O=C([O-])[C@@H]1CCCC[C@@H]1n1ccnc1. The van der Waals surface area contributed by atoms with E-state index in [-0.39, 0.29) is 12.0 Å². The predicted molar refractivity (Wildman–Crippen MR) is 48.2 cm³/mol. The molecule has 1 saturated carbocycles. The fraction of sp³-hybridized carbons (Fsp3) is 0.600. The molecular weight excluding hydrogens is 180 g/mol. The van der Waals surface area contributed by atoms with E-state index in [9.17, 15) is 9.90 Å². The average Bonchev–Trinajstić information content (AvgIpc) is 2.70. The van der Waals surface area contributed by atoms with Gasteiger partial charge in [-0.05, 0) is 12.8 Å². The molecule has 0 aliphatic heterocycles.